The van der Waals surface area contributed by atoms with Gasteiger partial charge in [-0.25, -0.2) is 15.0 Å². The fraction of sp³-hybridized carbons (Fsp3) is 0.230. The summed E-state index contributed by atoms with van der Waals surface area (Å²) in [7, 11) is 0. The molecule has 15 heteroatoms. The van der Waals surface area contributed by atoms with Crippen molar-refractivity contribution in [2.45, 2.75) is 106 Å². The SMILES string of the molecule is C(#Cc1n[c-]c2ncn(Cc3ccccc3)c2n1)c1ccccc1.CCC[CH2][Sn]([C]#Cc1ccccc1)([CH2]CCC)[CH2]CCC.Cc1n[c-]c2ncn(Cc3ccccc3)c2n1.Cc1nc(C#Cc2ccccc2)c2ncn(Cc3ccccc3)c2n1.[Y].[Y]. The number of unbranched alkanes of at least 4 members (excludes halogenated alkanes) is 3. The summed E-state index contributed by atoms with van der Waals surface area (Å²) in [6.07, 6.45) is 19.3. The molecule has 0 aliphatic carbocycles. The molecule has 6 aromatic carbocycles. The topological polar surface area (TPSA) is 131 Å². The third kappa shape index (κ3) is 21.4. The normalized spacial score (nSPS) is 10.4. The third-order valence-corrected chi connectivity index (χ3v) is 27.4. The van der Waals surface area contributed by atoms with Gasteiger partial charge in [-0.3, -0.25) is 9.97 Å². The second kappa shape index (κ2) is 37.0. The summed E-state index contributed by atoms with van der Waals surface area (Å²) in [5.74, 6) is 17.8. The number of hydrogen-bond donors (Lipinski definition) is 0. The van der Waals surface area contributed by atoms with Gasteiger partial charge in [-0.1, -0.05) is 152 Å². The van der Waals surface area contributed by atoms with Crippen LogP contribution in [0.2, 0.25) is 13.3 Å². The number of imidazole rings is 3. The minimum Gasteiger partial charge on any atom is -0.371 e. The van der Waals surface area contributed by atoms with Gasteiger partial charge in [0.2, 0.25) is 0 Å². The maximum absolute atomic E-state index is 4.57. The van der Waals surface area contributed by atoms with Crippen molar-refractivity contribution in [1.29, 1.82) is 0 Å². The van der Waals surface area contributed by atoms with Crippen LogP contribution >= 0.6 is 0 Å². The van der Waals surface area contributed by atoms with E-state index in [0.29, 0.717) is 40.7 Å². The Bertz CT molecular complexity index is 4240. The Morgan fingerprint density at radius 3 is 1.24 bits per heavy atom. The first kappa shape index (κ1) is 69.1. The van der Waals surface area contributed by atoms with Crippen molar-refractivity contribution in [3.8, 4) is 33.5 Å². The van der Waals surface area contributed by atoms with Crippen LogP contribution in [-0.4, -0.2) is 76.9 Å². The van der Waals surface area contributed by atoms with Crippen LogP contribution in [0.25, 0.3) is 33.5 Å². The maximum atomic E-state index is 4.57. The van der Waals surface area contributed by atoms with Crippen molar-refractivity contribution in [2.24, 2.45) is 0 Å². The number of rotatable bonds is 15. The standard InChI is InChI=1S/C21H16N4.C20H13N4.C13H11N4.C8H5.3C4H9.Sn.2Y/c1-16-23-19(13-12-17-8-4-2-5-9-17)20-21(24-16)25(15-22-20)14-18-10-6-3-7-11-18;1-3-7-16(8-4-1)11-12-19-21-13-18-20(23-19)24(15-22-18)14-17-9-5-2-6-10-17;1-10-14-7-12-13(16-10)17(9-15-12)8-11-5-3-2-4-6-11;1-2-8-6-4-3-5-7-8;3*1-3-4-2;;;/h2-11,15H,14H2,1H3;1-10,15H,14H2;2-6,9H,8H2,1H3;3-7H;3*1,3-4H2,2H3;;;/q;2*-1;;;;;;;. The van der Waals surface area contributed by atoms with Crippen molar-refractivity contribution >= 4 is 51.9 Å². The third-order valence-electron chi connectivity index (χ3n) is 14.3. The van der Waals surface area contributed by atoms with E-state index in [1.807, 2.05) is 143 Å². The van der Waals surface area contributed by atoms with Gasteiger partial charge in [0.05, 0.1) is 31.4 Å². The van der Waals surface area contributed by atoms with Crippen LogP contribution in [0, 0.1) is 59.8 Å². The Balaban J connectivity index is 0.000000169. The zero-order valence-corrected chi connectivity index (χ0v) is 60.1. The van der Waals surface area contributed by atoms with Crippen LogP contribution in [-0.2, 0) is 85.1 Å². The average molecular weight is 1430 g/mol. The number of benzene rings is 6. The molecule has 2 radical (unpaired) electrons. The molecule has 0 atom stereocenters. The number of nitrogens with zero attached hydrogens (tertiary/aromatic N) is 12. The first-order valence-corrected chi connectivity index (χ1v) is 37.5. The van der Waals surface area contributed by atoms with Crippen LogP contribution in [0.15, 0.2) is 201 Å². The van der Waals surface area contributed by atoms with Crippen molar-refractivity contribution in [1.82, 2.24) is 58.6 Å². The number of hydrogen-bond acceptors (Lipinski definition) is 9. The Hall–Kier alpha value is -7.34. The Kier molecular flexibility index (Phi) is 28.7. The van der Waals surface area contributed by atoms with Crippen LogP contribution in [0.1, 0.15) is 116 Å². The van der Waals surface area contributed by atoms with Gasteiger partial charge in [-0.2, -0.15) is 0 Å². The Labute approximate surface area is 579 Å². The molecule has 0 saturated carbocycles. The molecule has 0 aliphatic rings. The van der Waals surface area contributed by atoms with Gasteiger partial charge >= 0.3 is 137 Å². The molecule has 0 bridgehead atoms. The first-order valence-electron chi connectivity index (χ1n) is 30.0. The number of fused-ring (bicyclic) bond motifs is 3. The second-order valence-corrected chi connectivity index (χ2v) is 33.5. The fourth-order valence-corrected chi connectivity index (χ4v) is 22.9. The van der Waals surface area contributed by atoms with E-state index < -0.39 is 18.4 Å². The Morgan fingerprint density at radius 2 is 0.775 bits per heavy atom. The molecule has 0 spiro atoms. The summed E-state index contributed by atoms with van der Waals surface area (Å²) in [5.41, 5.74) is 11.9. The van der Waals surface area contributed by atoms with E-state index in [4.69, 9.17) is 0 Å². The van der Waals surface area contributed by atoms with Crippen molar-refractivity contribution in [3.63, 3.8) is 0 Å². The zero-order chi connectivity index (χ0) is 60.3. The van der Waals surface area contributed by atoms with E-state index in [9.17, 15) is 0 Å². The van der Waals surface area contributed by atoms with Crippen molar-refractivity contribution in [2.75, 3.05) is 0 Å². The number of aryl methyl sites for hydroxylation is 2. The van der Waals surface area contributed by atoms with E-state index in [1.165, 1.54) is 74.1 Å². The van der Waals surface area contributed by atoms with Gasteiger partial charge in [0.25, 0.3) is 0 Å². The van der Waals surface area contributed by atoms with E-state index >= 15 is 0 Å². The molecule has 440 valence electrons. The Morgan fingerprint density at radius 1 is 0.393 bits per heavy atom. The molecule has 0 saturated heterocycles. The van der Waals surface area contributed by atoms with E-state index in [0.717, 1.165) is 46.7 Å². The predicted octanol–water partition coefficient (Wildman–Crippen LogP) is 15.1. The van der Waals surface area contributed by atoms with Crippen LogP contribution < -0.4 is 0 Å². The smallest absolute Gasteiger partial charge is 0.165 e. The van der Waals surface area contributed by atoms with Gasteiger partial charge in [0, 0.05) is 118 Å². The summed E-state index contributed by atoms with van der Waals surface area (Å²) in [4.78, 5) is 39.2. The minimum absolute atomic E-state index is 0. The second-order valence-electron chi connectivity index (χ2n) is 21.2. The van der Waals surface area contributed by atoms with Gasteiger partial charge in [-0.05, 0) is 66.2 Å². The minimum atomic E-state index is -2.25. The van der Waals surface area contributed by atoms with E-state index in [2.05, 4.69) is 178 Å². The largest absolute Gasteiger partial charge is 0.371 e. The zero-order valence-electron chi connectivity index (χ0n) is 51.6. The van der Waals surface area contributed by atoms with Crippen molar-refractivity contribution in [3.05, 3.63) is 270 Å². The molecule has 0 amide bonds. The summed E-state index contributed by atoms with van der Waals surface area (Å²) in [6, 6.07) is 60.9. The van der Waals surface area contributed by atoms with E-state index in [-0.39, 0.29) is 65.4 Å². The van der Waals surface area contributed by atoms with Gasteiger partial charge < -0.3 is 33.6 Å². The summed E-state index contributed by atoms with van der Waals surface area (Å²) in [6.45, 7) is 12.9. The molecular weight excluding hydrogens is 1350 g/mol. The van der Waals surface area contributed by atoms with Gasteiger partial charge in [0.15, 0.2) is 5.65 Å². The molecule has 0 fully saturated rings. The molecule has 0 N–H and O–H groups in total. The van der Waals surface area contributed by atoms with Gasteiger partial charge in [-0.15, -0.1) is 0 Å². The summed E-state index contributed by atoms with van der Waals surface area (Å²) >= 11 is -2.25. The number of aromatic nitrogens is 12. The summed E-state index contributed by atoms with van der Waals surface area (Å²) in [5, 5.41) is 0. The average Bonchev–Trinajstić information content (AvgIpc) is 2.69. The quantitative estimate of drug-likeness (QED) is 0.0559. The predicted molar refractivity (Wildman–Crippen MR) is 353 cm³/mol. The van der Waals surface area contributed by atoms with Crippen LogP contribution in [0.3, 0.4) is 0 Å². The van der Waals surface area contributed by atoms with Crippen LogP contribution in [0.4, 0.5) is 0 Å². The monoisotopic (exact) mass is 1430 g/mol. The molecule has 89 heavy (non-hydrogen) atoms. The molecule has 12 nitrogen and oxygen atoms in total. The maximum Gasteiger partial charge on any atom is 0.165 e. The molecular formula is C74H72N12SnY2-2. The van der Waals surface area contributed by atoms with E-state index in [1.54, 1.807) is 19.0 Å². The molecule has 12 rings (SSSR count). The summed E-state index contributed by atoms with van der Waals surface area (Å²) < 4.78 is 14.4. The molecule has 6 heterocycles. The molecule has 6 aromatic heterocycles. The molecule has 0 unspecified atom stereocenters. The fourth-order valence-electron chi connectivity index (χ4n) is 9.71. The van der Waals surface area contributed by atoms with Crippen molar-refractivity contribution < 1.29 is 65.4 Å². The van der Waals surface area contributed by atoms with Gasteiger partial charge in [0.1, 0.15) is 17.0 Å². The first-order chi connectivity index (χ1) is 42.8. The molecule has 0 aliphatic heterocycles. The molecule has 12 aromatic rings. The van der Waals surface area contributed by atoms with Crippen LogP contribution in [0.5, 0.6) is 0 Å².